The van der Waals surface area contributed by atoms with E-state index < -0.39 is 0 Å². The van der Waals surface area contributed by atoms with Gasteiger partial charge in [0.05, 0.1) is 25.4 Å². The fourth-order valence-electron chi connectivity index (χ4n) is 5.04. The monoisotopic (exact) mass is 486 g/mol. The molecule has 0 atom stereocenters. The van der Waals surface area contributed by atoms with Gasteiger partial charge in [0, 0.05) is 26.1 Å². The molecule has 0 unspecified atom stereocenters. The summed E-state index contributed by atoms with van der Waals surface area (Å²) in [5.74, 6) is 1.19. The average molecular weight is 487 g/mol. The fourth-order valence-corrected chi connectivity index (χ4v) is 5.04. The lowest BCUT2D eigenvalue weighted by atomic mass is 9.75. The Hall–Kier alpha value is -2.48. The van der Waals surface area contributed by atoms with Gasteiger partial charge in [-0.05, 0) is 87.6 Å². The first-order valence-electron chi connectivity index (χ1n) is 12.6. The van der Waals surface area contributed by atoms with Gasteiger partial charge >= 0.3 is 0 Å². The molecule has 1 saturated heterocycles. The van der Waals surface area contributed by atoms with E-state index in [9.17, 15) is 14.3 Å². The van der Waals surface area contributed by atoms with Gasteiger partial charge < -0.3 is 24.3 Å². The van der Waals surface area contributed by atoms with Crippen molar-refractivity contribution in [2.24, 2.45) is 5.41 Å². The average Bonchev–Trinajstić information content (AvgIpc) is 2.82. The number of benzene rings is 2. The first kappa shape index (κ1) is 27.1. The first-order valence-corrected chi connectivity index (χ1v) is 12.6. The van der Waals surface area contributed by atoms with E-state index >= 15 is 0 Å². The molecule has 1 N–H and O–H groups in total. The number of ether oxygens (including phenoxy) is 2. The van der Waals surface area contributed by atoms with E-state index in [1.807, 2.05) is 20.9 Å². The van der Waals surface area contributed by atoms with Crippen molar-refractivity contribution in [3.8, 4) is 22.6 Å². The minimum atomic E-state index is -0.278. The van der Waals surface area contributed by atoms with Crippen LogP contribution in [0, 0.1) is 11.2 Å². The highest BCUT2D eigenvalue weighted by Gasteiger charge is 2.35. The highest BCUT2D eigenvalue weighted by molar-refractivity contribution is 5.77. The molecule has 0 aliphatic carbocycles. The molecule has 0 aromatic heterocycles. The second-order valence-electron chi connectivity index (χ2n) is 9.45. The smallest absolute Gasteiger partial charge is 0.131 e. The Morgan fingerprint density at radius 3 is 2.20 bits per heavy atom. The summed E-state index contributed by atoms with van der Waals surface area (Å²) in [6, 6.07) is 10.5. The third-order valence-corrected chi connectivity index (χ3v) is 6.78. The number of piperidine rings is 1. The lowest BCUT2D eigenvalue weighted by Gasteiger charge is -2.43. The topological polar surface area (TPSA) is 62.2 Å². The van der Waals surface area contributed by atoms with Gasteiger partial charge in [0.1, 0.15) is 23.6 Å². The van der Waals surface area contributed by atoms with Crippen LogP contribution in [0.2, 0.25) is 0 Å². The maximum Gasteiger partial charge on any atom is 0.131 e. The van der Waals surface area contributed by atoms with Crippen molar-refractivity contribution < 1.29 is 23.8 Å². The minimum absolute atomic E-state index is 0.0401. The summed E-state index contributed by atoms with van der Waals surface area (Å²) < 4.78 is 25.6. The molecule has 192 valence electrons. The molecule has 7 heteroatoms. The van der Waals surface area contributed by atoms with Crippen molar-refractivity contribution in [2.45, 2.75) is 39.7 Å². The van der Waals surface area contributed by atoms with Crippen LogP contribution in [0.25, 0.3) is 11.1 Å². The van der Waals surface area contributed by atoms with Crippen molar-refractivity contribution >= 4 is 6.29 Å². The van der Waals surface area contributed by atoms with E-state index in [1.54, 1.807) is 12.1 Å². The van der Waals surface area contributed by atoms with Crippen molar-refractivity contribution in [1.82, 2.24) is 9.80 Å². The number of likely N-dealkylation sites (N-methyl/N-ethyl adjacent to an activating group) is 1. The fraction of sp³-hybridized carbons (Fsp3) is 0.536. The zero-order chi connectivity index (χ0) is 25.3. The Morgan fingerprint density at radius 2 is 1.69 bits per heavy atom. The van der Waals surface area contributed by atoms with E-state index in [-0.39, 0.29) is 17.8 Å². The van der Waals surface area contributed by atoms with Crippen LogP contribution in [-0.2, 0) is 11.3 Å². The Bertz CT molecular complexity index is 915. The quantitative estimate of drug-likeness (QED) is 0.424. The lowest BCUT2D eigenvalue weighted by molar-refractivity contribution is -0.111. The Kier molecular flexibility index (Phi) is 10.1. The molecule has 0 bridgehead atoms. The second kappa shape index (κ2) is 13.0. The summed E-state index contributed by atoms with van der Waals surface area (Å²) in [6.45, 7) is 9.04. The van der Waals surface area contributed by atoms with E-state index in [1.165, 1.54) is 12.1 Å². The van der Waals surface area contributed by atoms with Crippen molar-refractivity contribution in [1.29, 1.82) is 0 Å². The number of carbonyl (C=O) groups excluding carboxylic acids is 1. The lowest BCUT2D eigenvalue weighted by Crippen LogP contribution is -2.46. The van der Waals surface area contributed by atoms with E-state index in [2.05, 4.69) is 21.9 Å². The van der Waals surface area contributed by atoms with Gasteiger partial charge in [0.2, 0.25) is 0 Å². The van der Waals surface area contributed by atoms with Crippen LogP contribution in [0.15, 0.2) is 36.4 Å². The molecule has 1 fully saturated rings. The number of aliphatic hydroxyl groups is 1. The highest BCUT2D eigenvalue weighted by Crippen LogP contribution is 2.41. The Labute approximate surface area is 208 Å². The summed E-state index contributed by atoms with van der Waals surface area (Å²) in [7, 11) is 2.00. The number of likely N-dealkylation sites (tertiary alicyclic amines) is 1. The van der Waals surface area contributed by atoms with E-state index in [0.717, 1.165) is 73.5 Å². The number of aliphatic hydroxyl groups excluding tert-OH is 1. The van der Waals surface area contributed by atoms with Gasteiger partial charge in [-0.3, -0.25) is 4.90 Å². The molecule has 2 aromatic rings. The van der Waals surface area contributed by atoms with Crippen LogP contribution >= 0.6 is 0 Å². The van der Waals surface area contributed by atoms with Gasteiger partial charge in [-0.25, -0.2) is 4.39 Å². The standard InChI is InChI=1S/C28H39FN2O4/c1-4-34-25-18-22(19-26(35-5-2)27(25)23-6-8-24(29)9-7-23)20-31-13-10-28(11-14-31,12-16-32)21-30(3)15-17-33/h6-9,16,18-19,33H,4-5,10-15,17,20-21H2,1-3H3. The van der Waals surface area contributed by atoms with E-state index in [0.29, 0.717) is 26.2 Å². The van der Waals surface area contributed by atoms with Crippen molar-refractivity contribution in [3.05, 3.63) is 47.8 Å². The third-order valence-electron chi connectivity index (χ3n) is 6.78. The molecule has 1 aliphatic rings. The molecule has 2 aromatic carbocycles. The molecule has 35 heavy (non-hydrogen) atoms. The molecular weight excluding hydrogens is 447 g/mol. The number of carbonyl (C=O) groups is 1. The van der Waals surface area contributed by atoms with Crippen LogP contribution in [0.3, 0.4) is 0 Å². The molecule has 3 rings (SSSR count). The van der Waals surface area contributed by atoms with Gasteiger partial charge in [-0.15, -0.1) is 0 Å². The number of hydrogen-bond acceptors (Lipinski definition) is 6. The van der Waals surface area contributed by atoms with Crippen molar-refractivity contribution in [2.75, 3.05) is 53.0 Å². The Balaban J connectivity index is 1.80. The first-order chi connectivity index (χ1) is 16.9. The Morgan fingerprint density at radius 1 is 1.09 bits per heavy atom. The second-order valence-corrected chi connectivity index (χ2v) is 9.45. The molecule has 1 aliphatic heterocycles. The maximum absolute atomic E-state index is 13.5. The number of rotatable bonds is 13. The van der Waals surface area contributed by atoms with Crippen LogP contribution in [0.4, 0.5) is 4.39 Å². The predicted molar refractivity (Wildman–Crippen MR) is 136 cm³/mol. The predicted octanol–water partition coefficient (Wildman–Crippen LogP) is 4.39. The van der Waals surface area contributed by atoms with Crippen LogP contribution in [0.5, 0.6) is 11.5 Å². The van der Waals surface area contributed by atoms with Crippen molar-refractivity contribution in [3.63, 3.8) is 0 Å². The molecule has 0 spiro atoms. The largest absolute Gasteiger partial charge is 0.493 e. The molecule has 1 heterocycles. The summed E-state index contributed by atoms with van der Waals surface area (Å²) in [6.07, 6.45) is 3.46. The summed E-state index contributed by atoms with van der Waals surface area (Å²) in [4.78, 5) is 16.0. The van der Waals surface area contributed by atoms with Crippen LogP contribution < -0.4 is 9.47 Å². The number of aldehydes is 1. The van der Waals surface area contributed by atoms with Crippen LogP contribution in [0.1, 0.15) is 38.7 Å². The van der Waals surface area contributed by atoms with E-state index in [4.69, 9.17) is 9.47 Å². The van der Waals surface area contributed by atoms with Gasteiger partial charge in [0.15, 0.2) is 0 Å². The van der Waals surface area contributed by atoms with Gasteiger partial charge in [-0.1, -0.05) is 12.1 Å². The number of hydrogen-bond donors (Lipinski definition) is 1. The molecular formula is C28H39FN2O4. The summed E-state index contributed by atoms with van der Waals surface area (Å²) >= 11 is 0. The third kappa shape index (κ3) is 7.26. The maximum atomic E-state index is 13.5. The number of halogens is 1. The number of nitrogens with zero attached hydrogens (tertiary/aromatic N) is 2. The molecule has 0 amide bonds. The normalized spacial score (nSPS) is 15.8. The van der Waals surface area contributed by atoms with Gasteiger partial charge in [-0.2, -0.15) is 0 Å². The molecule has 0 saturated carbocycles. The SMILES string of the molecule is CCOc1cc(CN2CCC(CC=O)(CN(C)CCO)CC2)cc(OCC)c1-c1ccc(F)cc1. The van der Waals surface area contributed by atoms with Gasteiger partial charge in [0.25, 0.3) is 0 Å². The van der Waals surface area contributed by atoms with Crippen LogP contribution in [-0.4, -0.2) is 74.2 Å². The molecule has 6 nitrogen and oxygen atoms in total. The summed E-state index contributed by atoms with van der Waals surface area (Å²) in [5.41, 5.74) is 2.76. The minimum Gasteiger partial charge on any atom is -0.493 e. The highest BCUT2D eigenvalue weighted by atomic mass is 19.1. The zero-order valence-corrected chi connectivity index (χ0v) is 21.3. The summed E-state index contributed by atoms with van der Waals surface area (Å²) in [5, 5.41) is 9.26. The molecule has 0 radical (unpaired) electrons. The zero-order valence-electron chi connectivity index (χ0n) is 21.3.